The van der Waals surface area contributed by atoms with Crippen molar-refractivity contribution in [2.75, 3.05) is 45.3 Å². The molecule has 0 atom stereocenters. The Morgan fingerprint density at radius 2 is 1.57 bits per heavy atom. The lowest BCUT2D eigenvalue weighted by Gasteiger charge is -2.35. The van der Waals surface area contributed by atoms with E-state index in [0.29, 0.717) is 54.1 Å². The topological polar surface area (TPSA) is 84.9 Å². The Kier molecular flexibility index (Phi) is 5.76. The number of hydrogen-bond donors (Lipinski definition) is 0. The van der Waals surface area contributed by atoms with E-state index in [-0.39, 0.29) is 0 Å². The molecule has 9 heteroatoms. The van der Waals surface area contributed by atoms with Gasteiger partial charge >= 0.3 is 0 Å². The Morgan fingerprint density at radius 3 is 2.18 bits per heavy atom. The zero-order valence-electron chi connectivity index (χ0n) is 16.9. The summed E-state index contributed by atoms with van der Waals surface area (Å²) in [5, 5.41) is 0. The number of rotatable bonds is 5. The lowest BCUT2D eigenvalue weighted by molar-refractivity contribution is 0.379. The number of aromatic nitrogens is 2. The van der Waals surface area contributed by atoms with E-state index in [9.17, 15) is 8.42 Å². The Balaban J connectivity index is 1.79. The Bertz CT molecular complexity index is 970. The van der Waals surface area contributed by atoms with E-state index in [0.717, 1.165) is 11.4 Å². The minimum absolute atomic E-state index is 0.332. The van der Waals surface area contributed by atoms with E-state index in [1.54, 1.807) is 39.3 Å². The molecule has 1 aliphatic rings. The highest BCUT2D eigenvalue weighted by Crippen LogP contribution is 2.29. The van der Waals surface area contributed by atoms with Crippen LogP contribution in [0.2, 0.25) is 0 Å². The van der Waals surface area contributed by atoms with Gasteiger partial charge in [0.1, 0.15) is 17.4 Å². The third-order valence-corrected chi connectivity index (χ3v) is 6.92. The fraction of sp³-hybridized carbons (Fsp3) is 0.474. The van der Waals surface area contributed by atoms with E-state index in [1.165, 1.54) is 4.31 Å². The molecule has 1 fully saturated rings. The molecule has 152 valence electrons. The van der Waals surface area contributed by atoms with Crippen molar-refractivity contribution in [2.24, 2.45) is 0 Å². The average molecular weight is 407 g/mol. The van der Waals surface area contributed by atoms with Crippen LogP contribution in [-0.4, -0.2) is 63.1 Å². The van der Waals surface area contributed by atoms with Crippen molar-refractivity contribution in [3.8, 4) is 11.6 Å². The zero-order valence-corrected chi connectivity index (χ0v) is 17.7. The lowest BCUT2D eigenvalue weighted by Crippen LogP contribution is -2.49. The molecule has 8 nitrogen and oxygen atoms in total. The smallest absolute Gasteiger partial charge is 0.243 e. The number of aryl methyl sites for hydroxylation is 3. The molecular weight excluding hydrogens is 380 g/mol. The fourth-order valence-corrected chi connectivity index (χ4v) is 5.06. The van der Waals surface area contributed by atoms with E-state index < -0.39 is 10.0 Å². The van der Waals surface area contributed by atoms with Crippen molar-refractivity contribution in [2.45, 2.75) is 25.7 Å². The highest BCUT2D eigenvalue weighted by molar-refractivity contribution is 7.89. The first-order valence-electron chi connectivity index (χ1n) is 9.06. The molecule has 0 N–H and O–H groups in total. The minimum atomic E-state index is -3.57. The normalized spacial score (nSPS) is 15.5. The van der Waals surface area contributed by atoms with Gasteiger partial charge in [-0.1, -0.05) is 0 Å². The van der Waals surface area contributed by atoms with Crippen molar-refractivity contribution in [1.29, 1.82) is 0 Å². The molecule has 2 heterocycles. The Labute approximate surface area is 166 Å². The van der Waals surface area contributed by atoms with Crippen molar-refractivity contribution in [3.05, 3.63) is 35.2 Å². The second-order valence-corrected chi connectivity index (χ2v) is 8.70. The largest absolute Gasteiger partial charge is 0.496 e. The summed E-state index contributed by atoms with van der Waals surface area (Å²) in [6.07, 6.45) is 0. The third-order valence-electron chi connectivity index (χ3n) is 4.88. The average Bonchev–Trinajstić information content (AvgIpc) is 2.68. The number of hydrogen-bond acceptors (Lipinski definition) is 7. The molecule has 0 amide bonds. The molecular formula is C19H26N4O4S. The van der Waals surface area contributed by atoms with Gasteiger partial charge in [-0.05, 0) is 44.0 Å². The molecule has 0 unspecified atom stereocenters. The van der Waals surface area contributed by atoms with Crippen LogP contribution in [0.5, 0.6) is 11.6 Å². The van der Waals surface area contributed by atoms with Gasteiger partial charge in [0.2, 0.25) is 15.9 Å². The first-order valence-corrected chi connectivity index (χ1v) is 10.5. The summed E-state index contributed by atoms with van der Waals surface area (Å²) in [7, 11) is -0.426. The van der Waals surface area contributed by atoms with Gasteiger partial charge in [0, 0.05) is 32.2 Å². The van der Waals surface area contributed by atoms with Gasteiger partial charge < -0.3 is 14.4 Å². The van der Waals surface area contributed by atoms with Gasteiger partial charge in [-0.2, -0.15) is 9.29 Å². The predicted octanol–water partition coefficient (Wildman–Crippen LogP) is 1.93. The molecule has 0 radical (unpaired) electrons. The minimum Gasteiger partial charge on any atom is -0.496 e. The number of ether oxygens (including phenoxy) is 2. The summed E-state index contributed by atoms with van der Waals surface area (Å²) in [6, 6.07) is 5.23. The van der Waals surface area contributed by atoms with Crippen LogP contribution in [0.15, 0.2) is 23.1 Å². The monoisotopic (exact) mass is 406 g/mol. The summed E-state index contributed by atoms with van der Waals surface area (Å²) in [6.45, 7) is 7.32. The first kappa shape index (κ1) is 20.3. The van der Waals surface area contributed by atoms with Gasteiger partial charge in [0.05, 0.1) is 19.1 Å². The van der Waals surface area contributed by atoms with Crippen molar-refractivity contribution < 1.29 is 17.9 Å². The number of anilines is 1. The molecule has 1 aromatic carbocycles. The second kappa shape index (κ2) is 7.92. The van der Waals surface area contributed by atoms with E-state index in [1.807, 2.05) is 13.8 Å². The zero-order chi connectivity index (χ0) is 20.5. The lowest BCUT2D eigenvalue weighted by atomic mass is 10.1. The van der Waals surface area contributed by atoms with Gasteiger partial charge in [0.15, 0.2) is 0 Å². The van der Waals surface area contributed by atoms with Gasteiger partial charge in [0.25, 0.3) is 0 Å². The highest BCUT2D eigenvalue weighted by Gasteiger charge is 2.30. The molecule has 28 heavy (non-hydrogen) atoms. The molecule has 3 rings (SSSR count). The third kappa shape index (κ3) is 3.90. The van der Waals surface area contributed by atoms with Crippen LogP contribution in [-0.2, 0) is 10.0 Å². The summed E-state index contributed by atoms with van der Waals surface area (Å²) in [5.74, 6) is 2.56. The maximum atomic E-state index is 13.2. The van der Waals surface area contributed by atoms with Crippen LogP contribution in [0.1, 0.15) is 17.0 Å². The SMILES string of the molecule is COc1cc(N2CCN(S(=O)(=O)c3cc(C)c(OC)cc3C)CC2)nc(C)n1. The molecule has 0 aliphatic carbocycles. The molecule has 0 spiro atoms. The van der Waals surface area contributed by atoms with Gasteiger partial charge in [-0.25, -0.2) is 13.4 Å². The molecule has 2 aromatic rings. The molecule has 1 aromatic heterocycles. The number of methoxy groups -OCH3 is 2. The predicted molar refractivity (Wildman–Crippen MR) is 107 cm³/mol. The van der Waals surface area contributed by atoms with Crippen molar-refractivity contribution in [1.82, 2.24) is 14.3 Å². The van der Waals surface area contributed by atoms with Crippen LogP contribution in [0.3, 0.4) is 0 Å². The molecule has 1 aliphatic heterocycles. The number of piperazine rings is 1. The summed E-state index contributed by atoms with van der Waals surface area (Å²) < 4.78 is 38.4. The van der Waals surface area contributed by atoms with Crippen LogP contribution < -0.4 is 14.4 Å². The summed E-state index contributed by atoms with van der Waals surface area (Å²) >= 11 is 0. The quantitative estimate of drug-likeness (QED) is 0.750. The van der Waals surface area contributed by atoms with Crippen LogP contribution in [0.25, 0.3) is 0 Å². The highest BCUT2D eigenvalue weighted by atomic mass is 32.2. The maximum Gasteiger partial charge on any atom is 0.243 e. The first-order chi connectivity index (χ1) is 13.3. The number of nitrogens with zero attached hydrogens (tertiary/aromatic N) is 4. The second-order valence-electron chi connectivity index (χ2n) is 6.79. The van der Waals surface area contributed by atoms with Crippen LogP contribution in [0, 0.1) is 20.8 Å². The maximum absolute atomic E-state index is 13.2. The van der Waals surface area contributed by atoms with E-state index >= 15 is 0 Å². The Hall–Kier alpha value is -2.39. The van der Waals surface area contributed by atoms with Crippen LogP contribution in [0.4, 0.5) is 5.82 Å². The Morgan fingerprint density at radius 1 is 0.893 bits per heavy atom. The van der Waals surface area contributed by atoms with Gasteiger partial charge in [-0.15, -0.1) is 0 Å². The number of benzene rings is 1. The van der Waals surface area contributed by atoms with Crippen molar-refractivity contribution in [3.63, 3.8) is 0 Å². The summed E-state index contributed by atoms with van der Waals surface area (Å²) in [4.78, 5) is 11.0. The van der Waals surface area contributed by atoms with E-state index in [2.05, 4.69) is 14.9 Å². The molecule has 0 bridgehead atoms. The van der Waals surface area contributed by atoms with E-state index in [4.69, 9.17) is 9.47 Å². The molecule has 1 saturated heterocycles. The van der Waals surface area contributed by atoms with Crippen molar-refractivity contribution >= 4 is 15.8 Å². The van der Waals surface area contributed by atoms with Gasteiger partial charge in [-0.3, -0.25) is 0 Å². The standard InChI is InChI=1S/C19H26N4O4S/c1-13-11-17(14(2)10-16(13)26-4)28(24,25)23-8-6-22(7-9-23)18-12-19(27-5)21-15(3)20-18/h10-12H,6-9H2,1-5H3. The fourth-order valence-electron chi connectivity index (χ4n) is 3.35. The molecule has 0 saturated carbocycles. The summed E-state index contributed by atoms with van der Waals surface area (Å²) in [5.41, 5.74) is 1.48. The van der Waals surface area contributed by atoms with Crippen LogP contribution >= 0.6 is 0 Å². The number of sulfonamides is 1.